The van der Waals surface area contributed by atoms with E-state index in [0.29, 0.717) is 0 Å². The van der Waals surface area contributed by atoms with Crippen LogP contribution in [0.4, 0.5) is 17.1 Å². The van der Waals surface area contributed by atoms with Crippen molar-refractivity contribution in [3.8, 4) is 44.5 Å². The van der Waals surface area contributed by atoms with E-state index in [1.165, 1.54) is 128 Å². The first kappa shape index (κ1) is 37.3. The minimum Gasteiger partial charge on any atom is -0.310 e. The molecule has 1 heteroatoms. The molecule has 9 aromatic rings. The first-order valence-corrected chi connectivity index (χ1v) is 21.8. The first-order valence-electron chi connectivity index (χ1n) is 21.8. The third kappa shape index (κ3) is 5.53. The Morgan fingerprint density at radius 2 is 0.836 bits per heavy atom. The third-order valence-corrected chi connectivity index (χ3v) is 14.2. The van der Waals surface area contributed by atoms with Gasteiger partial charge in [0.2, 0.25) is 0 Å². The van der Waals surface area contributed by atoms with E-state index in [0.717, 1.165) is 0 Å². The largest absolute Gasteiger partial charge is 0.310 e. The van der Waals surface area contributed by atoms with Crippen LogP contribution < -0.4 is 4.90 Å². The summed E-state index contributed by atoms with van der Waals surface area (Å²) in [6.07, 6.45) is 0. The molecular formula is C60H51N. The molecule has 0 saturated carbocycles. The Balaban J connectivity index is 1.10. The van der Waals surface area contributed by atoms with E-state index < -0.39 is 0 Å². The molecule has 0 fully saturated rings. The number of hydrogen-bond acceptors (Lipinski definition) is 1. The van der Waals surface area contributed by atoms with Crippen molar-refractivity contribution in [2.24, 2.45) is 0 Å². The van der Waals surface area contributed by atoms with Crippen molar-refractivity contribution < 1.29 is 0 Å². The van der Waals surface area contributed by atoms with Crippen molar-refractivity contribution in [3.63, 3.8) is 0 Å². The monoisotopic (exact) mass is 785 g/mol. The summed E-state index contributed by atoms with van der Waals surface area (Å²) in [5.41, 5.74) is 24.3. The molecule has 11 rings (SSSR count). The van der Waals surface area contributed by atoms with Crippen LogP contribution in [0, 0.1) is 27.7 Å². The van der Waals surface area contributed by atoms with Gasteiger partial charge < -0.3 is 4.90 Å². The van der Waals surface area contributed by atoms with Crippen LogP contribution in [0.3, 0.4) is 0 Å². The van der Waals surface area contributed by atoms with Crippen molar-refractivity contribution >= 4 is 38.6 Å². The molecule has 0 aliphatic heterocycles. The van der Waals surface area contributed by atoms with Crippen molar-refractivity contribution in [2.75, 3.05) is 4.90 Å². The Labute approximate surface area is 361 Å². The van der Waals surface area contributed by atoms with Crippen molar-refractivity contribution in [1.29, 1.82) is 0 Å². The lowest BCUT2D eigenvalue weighted by Gasteiger charge is -2.31. The van der Waals surface area contributed by atoms with Gasteiger partial charge in [-0.25, -0.2) is 0 Å². The van der Waals surface area contributed by atoms with Crippen LogP contribution in [0.2, 0.25) is 0 Å². The molecule has 0 aromatic heterocycles. The minimum atomic E-state index is -0.218. The maximum atomic E-state index is 2.51. The van der Waals surface area contributed by atoms with Crippen LogP contribution in [0.15, 0.2) is 164 Å². The molecule has 0 amide bonds. The number of rotatable bonds is 5. The molecule has 0 N–H and O–H groups in total. The second-order valence-electron chi connectivity index (χ2n) is 18.8. The standard InChI is InChI=1S/C60H51N/c1-36-23-29-56(39(4)30-36)61(41-25-27-47-52(32-41)59(5,6)54-34-50(40-16-10-9-11-17-40)43-18-12-14-20-45(43)57(47)54)42-26-28-48-53(33-42)60(7,8)55-35-51(49-31-37(2)22-24-38(49)3)44-19-13-15-21-46(44)58(48)55/h9-35H,1-8H3. The van der Waals surface area contributed by atoms with Crippen LogP contribution in [0.1, 0.15) is 72.2 Å². The van der Waals surface area contributed by atoms with Gasteiger partial charge in [0.15, 0.2) is 0 Å². The Bertz CT molecular complexity index is 3290. The van der Waals surface area contributed by atoms with Gasteiger partial charge >= 0.3 is 0 Å². The van der Waals surface area contributed by atoms with E-state index >= 15 is 0 Å². The van der Waals surface area contributed by atoms with E-state index in [1.54, 1.807) is 0 Å². The molecule has 61 heavy (non-hydrogen) atoms. The maximum Gasteiger partial charge on any atom is 0.0490 e. The number of anilines is 3. The number of nitrogens with zero attached hydrogens (tertiary/aromatic N) is 1. The van der Waals surface area contributed by atoms with Crippen molar-refractivity contribution in [3.05, 3.63) is 208 Å². The molecule has 1 nitrogen and oxygen atoms in total. The number of fused-ring (bicyclic) bond motifs is 10. The Morgan fingerprint density at radius 1 is 0.344 bits per heavy atom. The van der Waals surface area contributed by atoms with Gasteiger partial charge in [0, 0.05) is 27.9 Å². The van der Waals surface area contributed by atoms with Gasteiger partial charge in [-0.15, -0.1) is 0 Å². The summed E-state index contributed by atoms with van der Waals surface area (Å²) in [7, 11) is 0. The molecule has 0 saturated heterocycles. The molecule has 0 heterocycles. The summed E-state index contributed by atoms with van der Waals surface area (Å²) in [6.45, 7) is 18.6. The fraction of sp³-hybridized carbons (Fsp3) is 0.167. The lowest BCUT2D eigenvalue weighted by Crippen LogP contribution is -2.18. The predicted octanol–water partition coefficient (Wildman–Crippen LogP) is 16.6. The summed E-state index contributed by atoms with van der Waals surface area (Å²) in [4.78, 5) is 2.51. The maximum absolute atomic E-state index is 2.51. The van der Waals surface area contributed by atoms with Crippen LogP contribution in [0.5, 0.6) is 0 Å². The molecule has 0 bridgehead atoms. The highest BCUT2D eigenvalue weighted by Gasteiger charge is 2.40. The second-order valence-corrected chi connectivity index (χ2v) is 18.8. The normalized spacial score (nSPS) is 14.2. The van der Waals surface area contributed by atoms with Crippen molar-refractivity contribution in [2.45, 2.75) is 66.2 Å². The molecule has 0 radical (unpaired) electrons. The molecule has 2 aliphatic rings. The zero-order valence-electron chi connectivity index (χ0n) is 36.5. The lowest BCUT2D eigenvalue weighted by molar-refractivity contribution is 0.660. The Morgan fingerprint density at radius 3 is 1.41 bits per heavy atom. The fourth-order valence-electron chi connectivity index (χ4n) is 11.0. The highest BCUT2D eigenvalue weighted by molar-refractivity contribution is 6.11. The van der Waals surface area contributed by atoms with E-state index in [9.17, 15) is 0 Å². The topological polar surface area (TPSA) is 3.24 Å². The molecule has 0 unspecified atom stereocenters. The molecule has 296 valence electrons. The van der Waals surface area contributed by atoms with Gasteiger partial charge in [0.1, 0.15) is 0 Å². The van der Waals surface area contributed by atoms with E-state index in [1.807, 2.05) is 0 Å². The third-order valence-electron chi connectivity index (χ3n) is 14.2. The predicted molar refractivity (Wildman–Crippen MR) is 261 cm³/mol. The van der Waals surface area contributed by atoms with Gasteiger partial charge in [0.25, 0.3) is 0 Å². The van der Waals surface area contributed by atoms with Crippen LogP contribution >= 0.6 is 0 Å². The van der Waals surface area contributed by atoms with E-state index in [4.69, 9.17) is 0 Å². The Hall–Kier alpha value is -6.70. The highest BCUT2D eigenvalue weighted by atomic mass is 15.1. The summed E-state index contributed by atoms with van der Waals surface area (Å²) >= 11 is 0. The number of hydrogen-bond donors (Lipinski definition) is 0. The zero-order chi connectivity index (χ0) is 41.9. The van der Waals surface area contributed by atoms with Gasteiger partial charge in [0.05, 0.1) is 0 Å². The second kappa shape index (κ2) is 13.4. The summed E-state index contributed by atoms with van der Waals surface area (Å²) in [5.74, 6) is 0. The van der Waals surface area contributed by atoms with Gasteiger partial charge in [-0.3, -0.25) is 0 Å². The SMILES string of the molecule is Cc1ccc(N(c2ccc3c(c2)C(C)(C)c2cc(-c4ccccc4)c4ccccc4c2-3)c2ccc3c(c2)C(C)(C)c2cc(-c4cc(C)ccc4C)c4ccccc4c2-3)c(C)c1. The smallest absolute Gasteiger partial charge is 0.0490 e. The van der Waals surface area contributed by atoms with Crippen molar-refractivity contribution in [1.82, 2.24) is 0 Å². The highest BCUT2D eigenvalue weighted by Crippen LogP contribution is 2.57. The van der Waals surface area contributed by atoms with E-state index in [-0.39, 0.29) is 10.8 Å². The quantitative estimate of drug-likeness (QED) is 0.168. The molecular weight excluding hydrogens is 735 g/mol. The van der Waals surface area contributed by atoms with Gasteiger partial charge in [-0.1, -0.05) is 160 Å². The first-order chi connectivity index (χ1) is 29.4. The fourth-order valence-corrected chi connectivity index (χ4v) is 11.0. The summed E-state index contributed by atoms with van der Waals surface area (Å²) < 4.78 is 0. The number of aryl methyl sites for hydroxylation is 4. The lowest BCUT2D eigenvalue weighted by atomic mass is 9.80. The van der Waals surface area contributed by atoms with Crippen LogP contribution in [-0.2, 0) is 10.8 Å². The summed E-state index contributed by atoms with van der Waals surface area (Å²) in [5, 5.41) is 5.25. The molecule has 9 aromatic carbocycles. The average molecular weight is 786 g/mol. The Kier molecular flexibility index (Phi) is 8.20. The zero-order valence-corrected chi connectivity index (χ0v) is 36.5. The molecule has 2 aliphatic carbocycles. The van der Waals surface area contributed by atoms with Crippen LogP contribution in [0.25, 0.3) is 66.1 Å². The number of benzene rings is 9. The summed E-state index contributed by atoms with van der Waals surface area (Å²) in [6, 6.07) is 62.2. The van der Waals surface area contributed by atoms with Crippen LogP contribution in [-0.4, -0.2) is 0 Å². The van der Waals surface area contributed by atoms with Gasteiger partial charge in [-0.2, -0.15) is 0 Å². The van der Waals surface area contributed by atoms with Gasteiger partial charge in [-0.05, 0) is 170 Å². The molecule has 0 spiro atoms. The minimum absolute atomic E-state index is 0.210. The average Bonchev–Trinajstić information content (AvgIpc) is 3.64. The van der Waals surface area contributed by atoms with E-state index in [2.05, 4.69) is 224 Å². The molecule has 0 atom stereocenters.